The highest BCUT2D eigenvalue weighted by atomic mass is 16.6. The van der Waals surface area contributed by atoms with Crippen molar-refractivity contribution in [2.45, 2.75) is 31.8 Å². The van der Waals surface area contributed by atoms with E-state index < -0.39 is 23.5 Å². The number of pyridine rings is 1. The summed E-state index contributed by atoms with van der Waals surface area (Å²) < 4.78 is 10.8. The number of aliphatic hydroxyl groups is 1. The van der Waals surface area contributed by atoms with Gasteiger partial charge in [0.25, 0.3) is 5.91 Å². The van der Waals surface area contributed by atoms with E-state index in [1.807, 2.05) is 12.1 Å². The van der Waals surface area contributed by atoms with Crippen LogP contribution in [0.5, 0.6) is 0 Å². The molecule has 1 aromatic carbocycles. The Labute approximate surface area is 201 Å². The summed E-state index contributed by atoms with van der Waals surface area (Å²) in [6, 6.07) is 12.9. The molecule has 9 nitrogen and oxygen atoms in total. The zero-order chi connectivity index (χ0) is 24.5. The van der Waals surface area contributed by atoms with Crippen LogP contribution in [0.4, 0.5) is 4.79 Å². The van der Waals surface area contributed by atoms with Crippen LogP contribution in [0.15, 0.2) is 70.5 Å². The normalized spacial score (nSPS) is 19.0. The maximum absolute atomic E-state index is 13.6. The standard InChI is InChI=1S/C26H25N3O6/c1-2-34-26(33)28-13-10-17(11-14-28)29-22(18-8-5-6-12-27-18)21(24(31)25(29)32)23(30)20-15-16-7-3-4-9-19(16)35-20/h3-9,12,15,17,22,31H,2,10-11,13-14H2,1H3. The van der Waals surface area contributed by atoms with Gasteiger partial charge in [0.1, 0.15) is 11.6 Å². The van der Waals surface area contributed by atoms with Crippen molar-refractivity contribution in [2.24, 2.45) is 0 Å². The number of piperidine rings is 1. The van der Waals surface area contributed by atoms with Crippen molar-refractivity contribution in [1.82, 2.24) is 14.8 Å². The quantitative estimate of drug-likeness (QED) is 0.554. The second-order valence-electron chi connectivity index (χ2n) is 8.53. The lowest BCUT2D eigenvalue weighted by molar-refractivity contribution is -0.132. The number of nitrogens with zero attached hydrogens (tertiary/aromatic N) is 3. The first-order chi connectivity index (χ1) is 17.0. The van der Waals surface area contributed by atoms with Gasteiger partial charge in [0.2, 0.25) is 5.78 Å². The van der Waals surface area contributed by atoms with Crippen molar-refractivity contribution in [1.29, 1.82) is 0 Å². The molecule has 1 atom stereocenters. The number of rotatable bonds is 5. The molecule has 0 saturated carbocycles. The minimum Gasteiger partial charge on any atom is -0.503 e. The van der Waals surface area contributed by atoms with Crippen LogP contribution in [0.25, 0.3) is 11.0 Å². The van der Waals surface area contributed by atoms with Crippen molar-refractivity contribution in [3.63, 3.8) is 0 Å². The number of fused-ring (bicyclic) bond motifs is 1. The minimum atomic E-state index is -0.872. The fourth-order valence-corrected chi connectivity index (χ4v) is 4.83. The molecule has 0 radical (unpaired) electrons. The molecule has 0 bridgehead atoms. The summed E-state index contributed by atoms with van der Waals surface area (Å²) in [7, 11) is 0. The van der Waals surface area contributed by atoms with E-state index in [1.54, 1.807) is 54.4 Å². The Morgan fingerprint density at radius 2 is 1.89 bits per heavy atom. The Morgan fingerprint density at radius 1 is 1.14 bits per heavy atom. The van der Waals surface area contributed by atoms with Crippen LogP contribution in [0.1, 0.15) is 42.1 Å². The summed E-state index contributed by atoms with van der Waals surface area (Å²) >= 11 is 0. The SMILES string of the molecule is CCOC(=O)N1CCC(N2C(=O)C(O)=C(C(=O)c3cc4ccccc4o3)C2c2ccccn2)CC1. The third-order valence-corrected chi connectivity index (χ3v) is 6.49. The van der Waals surface area contributed by atoms with E-state index in [4.69, 9.17) is 9.15 Å². The van der Waals surface area contributed by atoms with Crippen LogP contribution < -0.4 is 0 Å². The lowest BCUT2D eigenvalue weighted by atomic mass is 9.95. The lowest BCUT2D eigenvalue weighted by Gasteiger charge is -2.39. The summed E-state index contributed by atoms with van der Waals surface area (Å²) in [5, 5.41) is 11.7. The Bertz CT molecular complexity index is 1270. The molecule has 3 aromatic rings. The first kappa shape index (κ1) is 22.6. The van der Waals surface area contributed by atoms with Crippen LogP contribution in [0.2, 0.25) is 0 Å². The molecule has 180 valence electrons. The van der Waals surface area contributed by atoms with Crippen LogP contribution in [0.3, 0.4) is 0 Å². The second kappa shape index (κ2) is 9.25. The molecule has 35 heavy (non-hydrogen) atoms. The van der Waals surface area contributed by atoms with Crippen LogP contribution in [-0.2, 0) is 9.53 Å². The van der Waals surface area contributed by atoms with E-state index in [0.29, 0.717) is 37.2 Å². The van der Waals surface area contributed by atoms with Crippen molar-refractivity contribution in [3.8, 4) is 0 Å². The number of aliphatic hydroxyl groups excluding tert-OH is 1. The van der Waals surface area contributed by atoms with E-state index in [2.05, 4.69) is 4.98 Å². The molecule has 0 spiro atoms. The molecule has 9 heteroatoms. The van der Waals surface area contributed by atoms with Gasteiger partial charge in [-0.15, -0.1) is 0 Å². The molecular weight excluding hydrogens is 450 g/mol. The Kier molecular flexibility index (Phi) is 5.98. The molecule has 5 rings (SSSR count). The molecule has 1 saturated heterocycles. The van der Waals surface area contributed by atoms with Crippen molar-refractivity contribution in [2.75, 3.05) is 19.7 Å². The average Bonchev–Trinajstić information content (AvgIpc) is 3.43. The van der Waals surface area contributed by atoms with Crippen molar-refractivity contribution in [3.05, 3.63) is 77.5 Å². The van der Waals surface area contributed by atoms with Gasteiger partial charge in [0, 0.05) is 30.7 Å². The summed E-state index contributed by atoms with van der Waals surface area (Å²) in [6.07, 6.45) is 2.15. The zero-order valence-electron chi connectivity index (χ0n) is 19.2. The average molecular weight is 476 g/mol. The fourth-order valence-electron chi connectivity index (χ4n) is 4.83. The molecule has 1 fully saturated rings. The number of carbonyl (C=O) groups excluding carboxylic acids is 3. The number of amides is 2. The third-order valence-electron chi connectivity index (χ3n) is 6.49. The monoisotopic (exact) mass is 475 g/mol. The van der Waals surface area contributed by atoms with E-state index in [-0.39, 0.29) is 30.1 Å². The summed E-state index contributed by atoms with van der Waals surface area (Å²) in [5.41, 5.74) is 0.954. The Morgan fingerprint density at radius 3 is 2.57 bits per heavy atom. The van der Waals surface area contributed by atoms with Gasteiger partial charge in [-0.2, -0.15) is 0 Å². The van der Waals surface area contributed by atoms with Gasteiger partial charge in [-0.25, -0.2) is 4.79 Å². The highest BCUT2D eigenvalue weighted by Gasteiger charge is 2.48. The largest absolute Gasteiger partial charge is 0.503 e. The maximum atomic E-state index is 13.6. The first-order valence-corrected chi connectivity index (χ1v) is 11.6. The number of Topliss-reactive ketones (excluding diaryl/α,β-unsaturated/α-hetero) is 1. The third kappa shape index (κ3) is 4.03. The number of hydrogen-bond acceptors (Lipinski definition) is 7. The molecule has 2 aliphatic heterocycles. The van der Waals surface area contributed by atoms with Crippen LogP contribution >= 0.6 is 0 Å². The maximum Gasteiger partial charge on any atom is 0.409 e. The number of para-hydroxylation sites is 1. The van der Waals surface area contributed by atoms with Gasteiger partial charge in [0.15, 0.2) is 11.5 Å². The highest BCUT2D eigenvalue weighted by molar-refractivity contribution is 6.16. The Hall–Kier alpha value is -4.14. The lowest BCUT2D eigenvalue weighted by Crippen LogP contribution is -2.48. The second-order valence-corrected chi connectivity index (χ2v) is 8.53. The number of ether oxygens (including phenoxy) is 1. The molecule has 1 N–H and O–H groups in total. The molecule has 0 aliphatic carbocycles. The smallest absolute Gasteiger partial charge is 0.409 e. The van der Waals surface area contributed by atoms with Gasteiger partial charge in [-0.1, -0.05) is 24.3 Å². The molecule has 4 heterocycles. The molecule has 2 amide bonds. The number of aromatic nitrogens is 1. The van der Waals surface area contributed by atoms with E-state index in [1.165, 1.54) is 4.90 Å². The van der Waals surface area contributed by atoms with Gasteiger partial charge in [0.05, 0.1) is 17.9 Å². The van der Waals surface area contributed by atoms with Crippen LogP contribution in [0, 0.1) is 0 Å². The number of hydrogen-bond donors (Lipinski definition) is 1. The van der Waals surface area contributed by atoms with Crippen molar-refractivity contribution >= 4 is 28.8 Å². The number of likely N-dealkylation sites (tertiary alicyclic amines) is 1. The first-order valence-electron chi connectivity index (χ1n) is 11.6. The topological polar surface area (TPSA) is 113 Å². The fraction of sp³-hybridized carbons (Fsp3) is 0.308. The zero-order valence-corrected chi connectivity index (χ0v) is 19.2. The molecular formula is C26H25N3O6. The van der Waals surface area contributed by atoms with Crippen molar-refractivity contribution < 1.29 is 28.6 Å². The number of benzene rings is 1. The van der Waals surface area contributed by atoms with Gasteiger partial charge in [-0.3, -0.25) is 14.6 Å². The van der Waals surface area contributed by atoms with Gasteiger partial charge >= 0.3 is 6.09 Å². The van der Waals surface area contributed by atoms with Gasteiger partial charge in [-0.05, 0) is 44.0 Å². The molecule has 2 aromatic heterocycles. The molecule has 1 unspecified atom stereocenters. The summed E-state index contributed by atoms with van der Waals surface area (Å²) in [5.74, 6) is -1.75. The Balaban J connectivity index is 1.48. The van der Waals surface area contributed by atoms with E-state index >= 15 is 0 Å². The van der Waals surface area contributed by atoms with E-state index in [9.17, 15) is 19.5 Å². The summed E-state index contributed by atoms with van der Waals surface area (Å²) in [6.45, 7) is 2.84. The predicted molar refractivity (Wildman–Crippen MR) is 126 cm³/mol. The number of furan rings is 1. The van der Waals surface area contributed by atoms with Crippen LogP contribution in [-0.4, -0.2) is 63.4 Å². The summed E-state index contributed by atoms with van der Waals surface area (Å²) in [4.78, 5) is 46.6. The number of carbonyl (C=O) groups is 3. The van der Waals surface area contributed by atoms with Gasteiger partial charge < -0.3 is 24.1 Å². The minimum absolute atomic E-state index is 0.0421. The highest BCUT2D eigenvalue weighted by Crippen LogP contribution is 2.41. The van der Waals surface area contributed by atoms with E-state index in [0.717, 1.165) is 5.39 Å². The number of ketones is 1. The molecule has 2 aliphatic rings. The predicted octanol–water partition coefficient (Wildman–Crippen LogP) is 4.03.